The second kappa shape index (κ2) is 1.40. The van der Waals surface area contributed by atoms with Crippen molar-refractivity contribution < 1.29 is 9.90 Å². The monoisotopic (exact) mass is 176 g/mol. The molecule has 2 heteroatoms. The largest absolute Gasteiger partial charge is 0.392 e. The zero-order valence-electron chi connectivity index (χ0n) is 7.26. The van der Waals surface area contributed by atoms with E-state index in [1.165, 1.54) is 6.42 Å². The number of aliphatic hydroxyl groups excluding tert-OH is 1. The van der Waals surface area contributed by atoms with Crippen molar-refractivity contribution in [2.75, 3.05) is 0 Å². The summed E-state index contributed by atoms with van der Waals surface area (Å²) >= 11 is 0. The fourth-order valence-corrected chi connectivity index (χ4v) is 6.11. The second-order valence-corrected chi connectivity index (χ2v) is 5.82. The van der Waals surface area contributed by atoms with Crippen LogP contribution in [-0.2, 0) is 4.79 Å². The van der Waals surface area contributed by atoms with Gasteiger partial charge in [0, 0.05) is 11.8 Å². The smallest absolute Gasteiger partial charge is 0.140 e. The molecule has 0 heterocycles. The predicted octanol–water partition coefficient (Wildman–Crippen LogP) is 0.304. The molecular formula is C11H12O2. The number of hydrogen-bond donors (Lipinski definition) is 1. The van der Waals surface area contributed by atoms with Gasteiger partial charge in [-0.1, -0.05) is 0 Å². The molecule has 9 atom stereocenters. The first kappa shape index (κ1) is 6.18. The maximum atomic E-state index is 11.9. The van der Waals surface area contributed by atoms with Crippen molar-refractivity contribution in [1.82, 2.24) is 0 Å². The Kier molecular flexibility index (Phi) is 0.666. The van der Waals surface area contributed by atoms with Gasteiger partial charge < -0.3 is 5.11 Å². The molecule has 68 valence electrons. The highest BCUT2D eigenvalue weighted by molar-refractivity contribution is 5.91. The van der Waals surface area contributed by atoms with Crippen molar-refractivity contribution in [1.29, 1.82) is 0 Å². The SMILES string of the molecule is O=C1[C@@H]2[C@@H]3C[C@@H]4[C@@H]5[C@H]([C@@H](O)[C@H]42)[C@H]1[C@@H]35. The highest BCUT2D eigenvalue weighted by Gasteiger charge is 2.83. The van der Waals surface area contributed by atoms with Crippen molar-refractivity contribution in [3.8, 4) is 0 Å². The summed E-state index contributed by atoms with van der Waals surface area (Å²) in [6, 6.07) is 0. The van der Waals surface area contributed by atoms with Crippen LogP contribution in [0.2, 0.25) is 0 Å². The molecule has 2 nitrogen and oxygen atoms in total. The van der Waals surface area contributed by atoms with E-state index in [1.54, 1.807) is 0 Å². The van der Waals surface area contributed by atoms with Crippen molar-refractivity contribution in [2.24, 2.45) is 47.3 Å². The first-order valence-corrected chi connectivity index (χ1v) is 5.52. The van der Waals surface area contributed by atoms with Crippen LogP contribution in [0.4, 0.5) is 0 Å². The van der Waals surface area contributed by atoms with Crippen LogP contribution >= 0.6 is 0 Å². The number of carbonyl (C=O) groups excluding carboxylic acids is 1. The van der Waals surface area contributed by atoms with Gasteiger partial charge in [-0.3, -0.25) is 4.79 Å². The van der Waals surface area contributed by atoms with E-state index in [0.717, 1.165) is 17.8 Å². The normalized spacial score (nSPS) is 79.8. The molecule has 0 amide bonds. The quantitative estimate of drug-likeness (QED) is 0.576. The topological polar surface area (TPSA) is 37.3 Å². The van der Waals surface area contributed by atoms with Crippen molar-refractivity contribution >= 4 is 5.78 Å². The molecule has 5 fully saturated rings. The van der Waals surface area contributed by atoms with Crippen molar-refractivity contribution in [2.45, 2.75) is 12.5 Å². The van der Waals surface area contributed by atoms with E-state index in [-0.39, 0.29) is 6.10 Å². The molecule has 1 N–H and O–H groups in total. The molecule has 13 heavy (non-hydrogen) atoms. The first-order chi connectivity index (χ1) is 6.30. The van der Waals surface area contributed by atoms with E-state index in [0.29, 0.717) is 35.4 Å². The number of hydrogen-bond acceptors (Lipinski definition) is 2. The van der Waals surface area contributed by atoms with E-state index in [2.05, 4.69) is 0 Å². The van der Waals surface area contributed by atoms with Crippen LogP contribution in [-0.4, -0.2) is 17.0 Å². The Balaban J connectivity index is 1.87. The van der Waals surface area contributed by atoms with Gasteiger partial charge >= 0.3 is 0 Å². The van der Waals surface area contributed by atoms with E-state index >= 15 is 0 Å². The average Bonchev–Trinajstić information content (AvgIpc) is 2.52. The summed E-state index contributed by atoms with van der Waals surface area (Å²) in [4.78, 5) is 11.9. The third-order valence-electron chi connectivity index (χ3n) is 6.07. The van der Waals surface area contributed by atoms with E-state index < -0.39 is 0 Å². The lowest BCUT2D eigenvalue weighted by Crippen LogP contribution is -2.49. The lowest BCUT2D eigenvalue weighted by molar-refractivity contribution is -0.141. The van der Waals surface area contributed by atoms with Crippen molar-refractivity contribution in [3.63, 3.8) is 0 Å². The molecule has 0 aliphatic heterocycles. The number of carbonyl (C=O) groups is 1. The van der Waals surface area contributed by atoms with Crippen LogP contribution in [0.25, 0.3) is 0 Å². The zero-order valence-corrected chi connectivity index (χ0v) is 7.26. The third kappa shape index (κ3) is 0.349. The summed E-state index contributed by atoms with van der Waals surface area (Å²) in [6.45, 7) is 0. The van der Waals surface area contributed by atoms with E-state index in [1.807, 2.05) is 0 Å². The van der Waals surface area contributed by atoms with Crippen molar-refractivity contribution in [3.05, 3.63) is 0 Å². The summed E-state index contributed by atoms with van der Waals surface area (Å²) in [7, 11) is 0. The van der Waals surface area contributed by atoms with Crippen LogP contribution in [0.3, 0.4) is 0 Å². The lowest BCUT2D eigenvalue weighted by Gasteiger charge is -2.45. The number of fused-ring (bicyclic) bond motifs is 2. The maximum absolute atomic E-state index is 11.9. The average molecular weight is 176 g/mol. The number of rotatable bonds is 0. The first-order valence-electron chi connectivity index (χ1n) is 5.52. The Morgan fingerprint density at radius 1 is 1.00 bits per heavy atom. The highest BCUT2D eigenvalue weighted by atomic mass is 16.3. The Morgan fingerprint density at radius 2 is 1.85 bits per heavy atom. The summed E-state index contributed by atoms with van der Waals surface area (Å²) in [5.41, 5.74) is 0. The molecule has 0 aromatic carbocycles. The molecular weight excluding hydrogens is 164 g/mol. The minimum Gasteiger partial charge on any atom is -0.392 e. The van der Waals surface area contributed by atoms with E-state index in [9.17, 15) is 9.90 Å². The summed E-state index contributed by atoms with van der Waals surface area (Å²) in [5.74, 6) is 4.97. The molecule has 5 aliphatic carbocycles. The fraction of sp³-hybridized carbons (Fsp3) is 0.909. The minimum absolute atomic E-state index is 0.0913. The molecule has 2 bridgehead atoms. The lowest BCUT2D eigenvalue weighted by atomic mass is 9.59. The molecule has 0 radical (unpaired) electrons. The van der Waals surface area contributed by atoms with Crippen LogP contribution in [0.1, 0.15) is 6.42 Å². The van der Waals surface area contributed by atoms with Gasteiger partial charge in [0.25, 0.3) is 0 Å². The maximum Gasteiger partial charge on any atom is 0.140 e. The number of Topliss-reactive ketones (excluding diaryl/α,β-unsaturated/α-hetero) is 1. The van der Waals surface area contributed by atoms with Crippen LogP contribution in [0.15, 0.2) is 0 Å². The summed E-state index contributed by atoms with van der Waals surface area (Å²) in [5, 5.41) is 10.1. The van der Waals surface area contributed by atoms with Gasteiger partial charge in [-0.25, -0.2) is 0 Å². The van der Waals surface area contributed by atoms with Gasteiger partial charge in [0.2, 0.25) is 0 Å². The molecule has 0 spiro atoms. The van der Waals surface area contributed by atoms with Gasteiger partial charge in [0.1, 0.15) is 5.78 Å². The Morgan fingerprint density at radius 3 is 2.69 bits per heavy atom. The molecule has 0 aromatic heterocycles. The number of aliphatic hydroxyl groups is 1. The van der Waals surface area contributed by atoms with Gasteiger partial charge in [-0.15, -0.1) is 0 Å². The van der Waals surface area contributed by atoms with Gasteiger partial charge in [-0.05, 0) is 41.9 Å². The van der Waals surface area contributed by atoms with Crippen LogP contribution in [0, 0.1) is 47.3 Å². The minimum atomic E-state index is -0.0913. The van der Waals surface area contributed by atoms with Gasteiger partial charge in [0.05, 0.1) is 6.10 Å². The highest BCUT2D eigenvalue weighted by Crippen LogP contribution is 2.81. The third-order valence-corrected chi connectivity index (χ3v) is 6.07. The van der Waals surface area contributed by atoms with Gasteiger partial charge in [-0.2, -0.15) is 0 Å². The molecule has 0 unspecified atom stereocenters. The Labute approximate surface area is 76.3 Å². The van der Waals surface area contributed by atoms with Crippen LogP contribution < -0.4 is 0 Å². The van der Waals surface area contributed by atoms with E-state index in [4.69, 9.17) is 0 Å². The van der Waals surface area contributed by atoms with Crippen LogP contribution in [0.5, 0.6) is 0 Å². The fourth-order valence-electron chi connectivity index (χ4n) is 6.11. The number of ketones is 1. The molecule has 5 aliphatic rings. The summed E-state index contributed by atoms with van der Waals surface area (Å²) < 4.78 is 0. The molecule has 0 saturated heterocycles. The zero-order chi connectivity index (χ0) is 8.48. The molecule has 5 rings (SSSR count). The molecule has 5 saturated carbocycles. The molecule has 0 aromatic rings. The summed E-state index contributed by atoms with van der Waals surface area (Å²) in [6.07, 6.45) is 1.19. The Bertz CT molecular complexity index is 350. The predicted molar refractivity (Wildman–Crippen MR) is 43.6 cm³/mol. The second-order valence-electron chi connectivity index (χ2n) is 5.82. The van der Waals surface area contributed by atoms with Gasteiger partial charge in [0.15, 0.2) is 0 Å². The Hall–Kier alpha value is -0.370. The standard InChI is InChI=1S/C11H12O2/c12-10-6-2-1-3-5-4(2)8(10)9(5)11(13)7(3)6/h2-10,12H,1H2/t2-,3-,4+,5+,6-,7-,8+,9-,10+/m1/s1.